The van der Waals surface area contributed by atoms with Gasteiger partial charge < -0.3 is 9.47 Å². The van der Waals surface area contributed by atoms with Crippen molar-refractivity contribution < 1.29 is 22.7 Å². The molecule has 0 fully saturated rings. The molecule has 0 spiro atoms. The van der Waals surface area contributed by atoms with Crippen molar-refractivity contribution in [2.24, 2.45) is 5.10 Å². The molecule has 8 nitrogen and oxygen atoms in total. The van der Waals surface area contributed by atoms with Crippen LogP contribution < -0.4 is 19.2 Å². The standard InChI is InChI=1S/C29H27N3O5S/c1-36-26-18-14-25(15-19-26)32(38(34,35)28-10-6-3-7-11-28)21-29(33)31-30-20-23-12-16-27(17-13-23)37-22-24-8-4-2-5-9-24/h2-20H,21-22H2,1H3,(H,31,33)/b30-20-. The van der Waals surface area contributed by atoms with Gasteiger partial charge in [0.15, 0.2) is 0 Å². The Morgan fingerprint density at radius 2 is 1.45 bits per heavy atom. The van der Waals surface area contributed by atoms with E-state index >= 15 is 0 Å². The summed E-state index contributed by atoms with van der Waals surface area (Å²) in [6.45, 7) is -0.00587. The Bertz CT molecular complexity index is 1460. The minimum Gasteiger partial charge on any atom is -0.497 e. The summed E-state index contributed by atoms with van der Waals surface area (Å²) in [5, 5.41) is 3.99. The Balaban J connectivity index is 1.40. The number of nitrogens with one attached hydrogen (secondary N) is 1. The molecule has 1 N–H and O–H groups in total. The zero-order chi connectivity index (χ0) is 26.8. The normalized spacial score (nSPS) is 11.2. The second kappa shape index (κ2) is 12.6. The molecule has 0 atom stereocenters. The second-order valence-electron chi connectivity index (χ2n) is 8.16. The summed E-state index contributed by atoms with van der Waals surface area (Å²) in [5.41, 5.74) is 4.53. The molecule has 0 heterocycles. The smallest absolute Gasteiger partial charge is 0.264 e. The van der Waals surface area contributed by atoms with Crippen LogP contribution in [0.5, 0.6) is 11.5 Å². The van der Waals surface area contributed by atoms with Gasteiger partial charge in [-0.25, -0.2) is 13.8 Å². The topological polar surface area (TPSA) is 97.3 Å². The molecule has 0 radical (unpaired) electrons. The number of benzene rings is 4. The number of hydrazone groups is 1. The Morgan fingerprint density at radius 1 is 0.842 bits per heavy atom. The Morgan fingerprint density at radius 3 is 2.08 bits per heavy atom. The van der Waals surface area contributed by atoms with Crippen LogP contribution in [0, 0.1) is 0 Å². The Labute approximate surface area is 222 Å². The lowest BCUT2D eigenvalue weighted by Gasteiger charge is -2.23. The van der Waals surface area contributed by atoms with E-state index in [0.29, 0.717) is 23.8 Å². The van der Waals surface area contributed by atoms with Crippen molar-refractivity contribution in [3.05, 3.63) is 120 Å². The highest BCUT2D eigenvalue weighted by Gasteiger charge is 2.27. The highest BCUT2D eigenvalue weighted by atomic mass is 32.2. The Hall–Kier alpha value is -4.63. The first kappa shape index (κ1) is 26.4. The summed E-state index contributed by atoms with van der Waals surface area (Å²) >= 11 is 0. The molecule has 9 heteroatoms. The van der Waals surface area contributed by atoms with Gasteiger partial charge in [-0.05, 0) is 71.8 Å². The van der Waals surface area contributed by atoms with Crippen molar-refractivity contribution in [2.45, 2.75) is 11.5 Å². The number of ether oxygens (including phenoxy) is 2. The summed E-state index contributed by atoms with van der Waals surface area (Å²) in [7, 11) is -2.49. The number of methoxy groups -OCH3 is 1. The number of rotatable bonds is 11. The molecule has 0 aliphatic heterocycles. The quantitative estimate of drug-likeness (QED) is 0.226. The van der Waals surface area contributed by atoms with Crippen molar-refractivity contribution in [1.82, 2.24) is 5.43 Å². The molecular formula is C29H27N3O5S. The number of anilines is 1. The average Bonchev–Trinajstić information content (AvgIpc) is 2.96. The van der Waals surface area contributed by atoms with Crippen molar-refractivity contribution in [3.63, 3.8) is 0 Å². The second-order valence-corrected chi connectivity index (χ2v) is 10.0. The van der Waals surface area contributed by atoms with E-state index in [2.05, 4.69) is 10.5 Å². The molecule has 38 heavy (non-hydrogen) atoms. The van der Waals surface area contributed by atoms with Crippen LogP contribution >= 0.6 is 0 Å². The summed E-state index contributed by atoms with van der Waals surface area (Å²) in [6, 6.07) is 31.4. The molecule has 0 aliphatic carbocycles. The first-order valence-electron chi connectivity index (χ1n) is 11.8. The van der Waals surface area contributed by atoms with E-state index in [1.54, 1.807) is 54.6 Å². The summed E-state index contributed by atoms with van der Waals surface area (Å²) < 4.78 is 38.7. The fourth-order valence-corrected chi connectivity index (χ4v) is 4.96. The van der Waals surface area contributed by atoms with Crippen LogP contribution in [0.2, 0.25) is 0 Å². The largest absolute Gasteiger partial charge is 0.497 e. The van der Waals surface area contributed by atoms with Crippen LogP contribution in [0.1, 0.15) is 11.1 Å². The molecule has 0 aliphatic rings. The molecule has 0 saturated carbocycles. The van der Waals surface area contributed by atoms with Crippen molar-refractivity contribution >= 4 is 27.8 Å². The molecule has 1 amide bonds. The number of hydrogen-bond donors (Lipinski definition) is 1. The van der Waals surface area contributed by atoms with E-state index < -0.39 is 22.5 Å². The first-order valence-corrected chi connectivity index (χ1v) is 13.2. The minimum absolute atomic E-state index is 0.0710. The van der Waals surface area contributed by atoms with Gasteiger partial charge in [-0.15, -0.1) is 0 Å². The van der Waals surface area contributed by atoms with Gasteiger partial charge in [-0.1, -0.05) is 48.5 Å². The molecule has 194 valence electrons. The highest BCUT2D eigenvalue weighted by molar-refractivity contribution is 7.92. The average molecular weight is 530 g/mol. The molecule has 4 aromatic rings. The third-order valence-corrected chi connectivity index (χ3v) is 7.30. The van der Waals surface area contributed by atoms with E-state index in [4.69, 9.17) is 9.47 Å². The number of carbonyl (C=O) groups is 1. The molecule has 4 aromatic carbocycles. The maximum absolute atomic E-state index is 13.4. The molecule has 0 bridgehead atoms. The van der Waals surface area contributed by atoms with E-state index in [1.807, 2.05) is 42.5 Å². The minimum atomic E-state index is -4.01. The van der Waals surface area contributed by atoms with Gasteiger partial charge in [0.1, 0.15) is 24.7 Å². The first-order chi connectivity index (χ1) is 18.5. The van der Waals surface area contributed by atoms with Crippen LogP contribution in [0.25, 0.3) is 0 Å². The lowest BCUT2D eigenvalue weighted by Crippen LogP contribution is -2.39. The summed E-state index contributed by atoms with van der Waals surface area (Å²) in [5.74, 6) is 0.673. The predicted molar refractivity (Wildman–Crippen MR) is 147 cm³/mol. The fraction of sp³-hybridized carbons (Fsp3) is 0.103. The lowest BCUT2D eigenvalue weighted by atomic mass is 10.2. The lowest BCUT2D eigenvalue weighted by molar-refractivity contribution is -0.119. The van der Waals surface area contributed by atoms with E-state index in [9.17, 15) is 13.2 Å². The number of sulfonamides is 1. The van der Waals surface area contributed by atoms with Crippen molar-refractivity contribution in [1.29, 1.82) is 0 Å². The molecule has 0 saturated heterocycles. The zero-order valence-electron chi connectivity index (χ0n) is 20.7. The summed E-state index contributed by atoms with van der Waals surface area (Å²) in [6.07, 6.45) is 1.47. The van der Waals surface area contributed by atoms with Crippen molar-refractivity contribution in [3.8, 4) is 11.5 Å². The molecule has 4 rings (SSSR count). The number of nitrogens with zero attached hydrogens (tertiary/aromatic N) is 2. The van der Waals surface area contributed by atoms with Crippen LogP contribution in [-0.4, -0.2) is 34.2 Å². The van der Waals surface area contributed by atoms with Gasteiger partial charge >= 0.3 is 0 Å². The monoisotopic (exact) mass is 529 g/mol. The molecular weight excluding hydrogens is 502 g/mol. The van der Waals surface area contributed by atoms with Crippen LogP contribution in [-0.2, 0) is 21.4 Å². The third kappa shape index (κ3) is 6.98. The van der Waals surface area contributed by atoms with Gasteiger partial charge in [0, 0.05) is 0 Å². The van der Waals surface area contributed by atoms with Crippen LogP contribution in [0.4, 0.5) is 5.69 Å². The molecule has 0 unspecified atom stereocenters. The highest BCUT2D eigenvalue weighted by Crippen LogP contribution is 2.25. The SMILES string of the molecule is COc1ccc(N(CC(=O)N/N=C\c2ccc(OCc3ccccc3)cc2)S(=O)(=O)c2ccccc2)cc1. The zero-order valence-corrected chi connectivity index (χ0v) is 21.5. The van der Waals surface area contributed by atoms with Gasteiger partial charge in [-0.2, -0.15) is 5.10 Å². The third-order valence-electron chi connectivity index (χ3n) is 5.51. The van der Waals surface area contributed by atoms with E-state index in [1.165, 1.54) is 25.5 Å². The number of carbonyl (C=O) groups excluding carboxylic acids is 1. The fourth-order valence-electron chi connectivity index (χ4n) is 3.52. The van der Waals surface area contributed by atoms with Crippen LogP contribution in [0.15, 0.2) is 119 Å². The van der Waals surface area contributed by atoms with Crippen LogP contribution in [0.3, 0.4) is 0 Å². The molecule has 0 aromatic heterocycles. The number of amides is 1. The Kier molecular flexibility index (Phi) is 8.73. The van der Waals surface area contributed by atoms with Gasteiger partial charge in [0.25, 0.3) is 15.9 Å². The predicted octanol–water partition coefficient (Wildman–Crippen LogP) is 4.62. The van der Waals surface area contributed by atoms with E-state index in [0.717, 1.165) is 15.4 Å². The van der Waals surface area contributed by atoms with E-state index in [-0.39, 0.29) is 4.90 Å². The van der Waals surface area contributed by atoms with Crippen molar-refractivity contribution in [2.75, 3.05) is 18.0 Å². The van der Waals surface area contributed by atoms with Gasteiger partial charge in [-0.3, -0.25) is 9.10 Å². The number of hydrogen-bond acceptors (Lipinski definition) is 6. The maximum Gasteiger partial charge on any atom is 0.264 e. The summed E-state index contributed by atoms with van der Waals surface area (Å²) in [4.78, 5) is 12.8. The maximum atomic E-state index is 13.4. The van der Waals surface area contributed by atoms with Gasteiger partial charge in [0.2, 0.25) is 0 Å². The van der Waals surface area contributed by atoms with Gasteiger partial charge in [0.05, 0.1) is 23.9 Å².